The highest BCUT2D eigenvalue weighted by Gasteiger charge is 2.49. The van der Waals surface area contributed by atoms with Crippen molar-refractivity contribution in [1.82, 2.24) is 10.4 Å². The van der Waals surface area contributed by atoms with Gasteiger partial charge in [-0.3, -0.25) is 0 Å². The molecule has 0 aromatic heterocycles. The Labute approximate surface area is 207 Å². The van der Waals surface area contributed by atoms with E-state index >= 15 is 0 Å². The number of nitrogens with zero attached hydrogens (tertiary/aromatic N) is 1. The molecule has 0 radical (unpaired) electrons. The first-order chi connectivity index (χ1) is 17.0. The Hall–Kier alpha value is -2.96. The molecular weight excluding hydrogens is 444 g/mol. The zero-order valence-corrected chi connectivity index (χ0v) is 20.9. The second-order valence-electron chi connectivity index (χ2n) is 10.3. The highest BCUT2D eigenvalue weighted by Crippen LogP contribution is 2.58. The molecule has 0 aliphatic heterocycles. The topological polar surface area (TPSA) is 77.1 Å². The molecular formula is C28H36N2O5. The minimum Gasteiger partial charge on any atom is -0.482 e. The molecule has 0 heterocycles. The van der Waals surface area contributed by atoms with Crippen molar-refractivity contribution in [2.45, 2.75) is 65.0 Å². The maximum atomic E-state index is 13.0. The molecule has 0 spiro atoms. The molecule has 5 aliphatic carbocycles. The van der Waals surface area contributed by atoms with Crippen molar-refractivity contribution in [3.8, 4) is 5.75 Å². The minimum absolute atomic E-state index is 0.208. The van der Waals surface area contributed by atoms with Gasteiger partial charge >= 0.3 is 12.2 Å². The van der Waals surface area contributed by atoms with Gasteiger partial charge in [0.2, 0.25) is 0 Å². The Bertz CT molecular complexity index is 985. The van der Waals surface area contributed by atoms with E-state index in [0.717, 1.165) is 23.2 Å². The fourth-order valence-electron chi connectivity index (χ4n) is 6.85. The zero-order valence-electron chi connectivity index (χ0n) is 20.9. The van der Waals surface area contributed by atoms with Gasteiger partial charge in [-0.25, -0.2) is 20.0 Å². The number of hydrogen-bond donors (Lipinski definition) is 1. The number of allylic oxidation sites excluding steroid dienone is 1. The summed E-state index contributed by atoms with van der Waals surface area (Å²) in [5, 5.41) is 1.28. The largest absolute Gasteiger partial charge is 0.482 e. The molecule has 1 aromatic carbocycles. The minimum atomic E-state index is -0.675. The Kier molecular flexibility index (Phi) is 6.76. The van der Waals surface area contributed by atoms with Crippen LogP contribution in [0.2, 0.25) is 0 Å². The first kappa shape index (κ1) is 23.8. The van der Waals surface area contributed by atoms with Gasteiger partial charge in [-0.2, -0.15) is 0 Å². The standard InChI is InChI=1S/C28H36N2O5/c1-4-33-27(31)29-30(28(32)34-5-2)23-10-11-24(35-22-8-6-17(3)7-9-22)26(23)25-20-13-18-12-19(15-20)16-21(25)14-18/h6-11,18-21,23-24H,4-5,12-16H2,1-3H3,(H,29,31)/t18?,19?,20?,21?,23-,24+/m0/s1. The van der Waals surface area contributed by atoms with Crippen molar-refractivity contribution >= 4 is 12.2 Å². The third-order valence-electron chi connectivity index (χ3n) is 7.96. The van der Waals surface area contributed by atoms with Crippen molar-refractivity contribution < 1.29 is 23.8 Å². The third kappa shape index (κ3) is 4.78. The second kappa shape index (κ2) is 9.96. The quantitative estimate of drug-likeness (QED) is 0.441. The van der Waals surface area contributed by atoms with Crippen LogP contribution in [0.4, 0.5) is 9.59 Å². The summed E-state index contributed by atoms with van der Waals surface area (Å²) in [6.07, 6.45) is 8.57. The van der Waals surface area contributed by atoms with Crippen LogP contribution in [0.25, 0.3) is 0 Å². The third-order valence-corrected chi connectivity index (χ3v) is 7.96. The van der Waals surface area contributed by atoms with Crippen molar-refractivity contribution in [3.05, 3.63) is 53.1 Å². The van der Waals surface area contributed by atoms with E-state index in [4.69, 9.17) is 14.2 Å². The summed E-state index contributed by atoms with van der Waals surface area (Å²) in [6, 6.07) is 7.55. The molecule has 1 N–H and O–H groups in total. The number of carbonyl (C=O) groups is 2. The van der Waals surface area contributed by atoms with Crippen LogP contribution < -0.4 is 10.2 Å². The van der Waals surface area contributed by atoms with Crippen LogP contribution >= 0.6 is 0 Å². The molecule has 6 rings (SSSR count). The number of rotatable bonds is 5. The van der Waals surface area contributed by atoms with Crippen molar-refractivity contribution in [2.24, 2.45) is 23.7 Å². The van der Waals surface area contributed by atoms with Crippen LogP contribution in [-0.4, -0.2) is 42.6 Å². The number of nitrogens with one attached hydrogen (secondary N) is 1. The summed E-state index contributed by atoms with van der Waals surface area (Å²) in [4.78, 5) is 25.4. The van der Waals surface area contributed by atoms with Crippen molar-refractivity contribution in [3.63, 3.8) is 0 Å². The molecule has 0 saturated heterocycles. The molecule has 7 heteroatoms. The smallest absolute Gasteiger partial charge is 0.429 e. The Morgan fingerprint density at radius 1 is 0.886 bits per heavy atom. The lowest BCUT2D eigenvalue weighted by atomic mass is 9.53. The number of hydrogen-bond acceptors (Lipinski definition) is 5. The van der Waals surface area contributed by atoms with E-state index in [9.17, 15) is 9.59 Å². The average molecular weight is 481 g/mol. The molecule has 4 fully saturated rings. The normalized spacial score (nSPS) is 30.4. The number of ether oxygens (including phenoxy) is 3. The van der Waals surface area contributed by atoms with E-state index in [-0.39, 0.29) is 19.3 Å². The number of hydrazine groups is 1. The van der Waals surface area contributed by atoms with E-state index in [1.165, 1.54) is 48.2 Å². The predicted molar refractivity (Wildman–Crippen MR) is 132 cm³/mol. The molecule has 188 valence electrons. The van der Waals surface area contributed by atoms with Gasteiger partial charge in [-0.05, 0) is 94.8 Å². The molecule has 0 unspecified atom stereocenters. The molecule has 2 atom stereocenters. The van der Waals surface area contributed by atoms with Gasteiger partial charge in [-0.15, -0.1) is 0 Å². The summed E-state index contributed by atoms with van der Waals surface area (Å²) >= 11 is 0. The van der Waals surface area contributed by atoms with Gasteiger partial charge in [0.05, 0.1) is 13.2 Å². The van der Waals surface area contributed by atoms with Crippen LogP contribution in [0, 0.1) is 30.6 Å². The summed E-state index contributed by atoms with van der Waals surface area (Å²) in [5.41, 5.74) is 6.32. The summed E-state index contributed by atoms with van der Waals surface area (Å²) < 4.78 is 16.9. The maximum Gasteiger partial charge on any atom is 0.429 e. The van der Waals surface area contributed by atoms with Gasteiger partial charge in [0.1, 0.15) is 17.9 Å². The Morgan fingerprint density at radius 3 is 2.11 bits per heavy atom. The van der Waals surface area contributed by atoms with Crippen LogP contribution in [0.5, 0.6) is 5.75 Å². The van der Waals surface area contributed by atoms with Crippen LogP contribution in [0.3, 0.4) is 0 Å². The summed E-state index contributed by atoms with van der Waals surface area (Å²) in [6.45, 7) is 5.96. The van der Waals surface area contributed by atoms with Crippen LogP contribution in [0.15, 0.2) is 47.6 Å². The summed E-state index contributed by atoms with van der Waals surface area (Å²) in [7, 11) is 0. The van der Waals surface area contributed by atoms with Crippen molar-refractivity contribution in [2.75, 3.05) is 13.2 Å². The van der Waals surface area contributed by atoms with E-state index in [1.807, 2.05) is 36.4 Å². The fourth-order valence-corrected chi connectivity index (χ4v) is 6.85. The predicted octanol–water partition coefficient (Wildman–Crippen LogP) is 5.55. The molecule has 1 aromatic rings. The molecule has 35 heavy (non-hydrogen) atoms. The first-order valence-electron chi connectivity index (χ1n) is 13.0. The lowest BCUT2D eigenvalue weighted by molar-refractivity contribution is 0.0567. The SMILES string of the molecule is CCOC(=O)NN(C(=O)OCC)[C@H]1C=C[C@@H](Oc2ccc(C)cc2)C1=C1C2CC3CC(C2)CC1C3. The zero-order chi connectivity index (χ0) is 24.5. The maximum absolute atomic E-state index is 13.0. The molecule has 4 bridgehead atoms. The van der Waals surface area contributed by atoms with E-state index < -0.39 is 18.2 Å². The van der Waals surface area contributed by atoms with Crippen LogP contribution in [0.1, 0.15) is 51.5 Å². The number of aryl methyl sites for hydroxylation is 1. The highest BCUT2D eigenvalue weighted by molar-refractivity contribution is 5.75. The van der Waals surface area contributed by atoms with Crippen molar-refractivity contribution in [1.29, 1.82) is 0 Å². The number of carbonyl (C=O) groups excluding carboxylic acids is 2. The van der Waals surface area contributed by atoms with E-state index in [0.29, 0.717) is 11.8 Å². The van der Waals surface area contributed by atoms with Gasteiger partial charge in [-0.1, -0.05) is 29.3 Å². The Morgan fingerprint density at radius 2 is 1.51 bits per heavy atom. The monoisotopic (exact) mass is 480 g/mol. The first-order valence-corrected chi connectivity index (χ1v) is 13.0. The Balaban J connectivity index is 1.52. The highest BCUT2D eigenvalue weighted by atomic mass is 16.6. The summed E-state index contributed by atoms with van der Waals surface area (Å²) in [5.74, 6) is 3.43. The average Bonchev–Trinajstić information content (AvgIpc) is 3.21. The lowest BCUT2D eigenvalue weighted by Gasteiger charge is -2.53. The molecule has 5 aliphatic rings. The molecule has 7 nitrogen and oxygen atoms in total. The number of benzene rings is 1. The lowest BCUT2D eigenvalue weighted by Crippen LogP contribution is -2.53. The molecule has 4 saturated carbocycles. The van der Waals surface area contributed by atoms with Gasteiger partial charge in [0, 0.05) is 5.57 Å². The fraction of sp³-hybridized carbons (Fsp3) is 0.571. The van der Waals surface area contributed by atoms with Gasteiger partial charge in [0.25, 0.3) is 0 Å². The second-order valence-corrected chi connectivity index (χ2v) is 10.3. The van der Waals surface area contributed by atoms with E-state index in [2.05, 4.69) is 12.3 Å². The molecule has 2 amide bonds. The van der Waals surface area contributed by atoms with Gasteiger partial charge < -0.3 is 14.2 Å². The van der Waals surface area contributed by atoms with Crippen LogP contribution in [-0.2, 0) is 9.47 Å². The van der Waals surface area contributed by atoms with Gasteiger partial charge in [0.15, 0.2) is 0 Å². The van der Waals surface area contributed by atoms with E-state index in [1.54, 1.807) is 13.8 Å². The number of amides is 2.